The van der Waals surface area contributed by atoms with Gasteiger partial charge in [0.25, 0.3) is 10.0 Å². The summed E-state index contributed by atoms with van der Waals surface area (Å²) in [6.45, 7) is 1.94. The Hall–Kier alpha value is -1.53. The summed E-state index contributed by atoms with van der Waals surface area (Å²) >= 11 is 3.38. The van der Waals surface area contributed by atoms with Crippen molar-refractivity contribution in [2.24, 2.45) is 0 Å². The zero-order valence-corrected chi connectivity index (χ0v) is 13.5. The van der Waals surface area contributed by atoms with Crippen molar-refractivity contribution in [1.82, 2.24) is 0 Å². The molecular weight excluding hydrogens is 342 g/mol. The van der Waals surface area contributed by atoms with E-state index in [4.69, 9.17) is 4.74 Å². The molecule has 2 aromatic carbocycles. The number of aryl methyl sites for hydroxylation is 1. The highest BCUT2D eigenvalue weighted by molar-refractivity contribution is 9.10. The molecule has 0 spiro atoms. The number of methoxy groups -OCH3 is 1. The van der Waals surface area contributed by atoms with E-state index in [-0.39, 0.29) is 4.90 Å². The van der Waals surface area contributed by atoms with Gasteiger partial charge < -0.3 is 4.74 Å². The molecule has 0 saturated heterocycles. The zero-order chi connectivity index (χ0) is 14.8. The van der Waals surface area contributed by atoms with Crippen molar-refractivity contribution in [3.63, 3.8) is 0 Å². The van der Waals surface area contributed by atoms with Gasteiger partial charge in [0, 0.05) is 10.2 Å². The molecule has 6 heteroatoms. The number of nitrogens with one attached hydrogen (secondary N) is 1. The van der Waals surface area contributed by atoms with Crippen LogP contribution in [0.5, 0.6) is 5.75 Å². The van der Waals surface area contributed by atoms with Gasteiger partial charge in [-0.25, -0.2) is 8.42 Å². The zero-order valence-electron chi connectivity index (χ0n) is 11.1. The van der Waals surface area contributed by atoms with Gasteiger partial charge in [-0.3, -0.25) is 4.72 Å². The standard InChI is InChI=1S/C14H14BrNO3S/c1-10-3-4-11(9-14(10)15)16-20(17,18)13-7-5-12(19-2)6-8-13/h3-9,16H,1-2H3. The van der Waals surface area contributed by atoms with Crippen molar-refractivity contribution < 1.29 is 13.2 Å². The summed E-state index contributed by atoms with van der Waals surface area (Å²) in [5, 5.41) is 0. The molecule has 0 amide bonds. The maximum absolute atomic E-state index is 12.2. The topological polar surface area (TPSA) is 55.4 Å². The third-order valence-corrected chi connectivity index (χ3v) is 5.05. The summed E-state index contributed by atoms with van der Waals surface area (Å²) < 4.78 is 32.9. The number of hydrogen-bond donors (Lipinski definition) is 1. The molecule has 0 bridgehead atoms. The minimum atomic E-state index is -3.59. The third-order valence-electron chi connectivity index (χ3n) is 2.79. The average Bonchev–Trinajstić information content (AvgIpc) is 2.43. The van der Waals surface area contributed by atoms with Crippen molar-refractivity contribution in [3.8, 4) is 5.75 Å². The van der Waals surface area contributed by atoms with E-state index in [0.29, 0.717) is 11.4 Å². The van der Waals surface area contributed by atoms with Crippen LogP contribution in [0, 0.1) is 6.92 Å². The van der Waals surface area contributed by atoms with Crippen LogP contribution in [0.2, 0.25) is 0 Å². The van der Waals surface area contributed by atoms with Crippen LogP contribution in [0.3, 0.4) is 0 Å². The quantitative estimate of drug-likeness (QED) is 0.911. The first-order valence-corrected chi connectivity index (χ1v) is 8.13. The molecule has 4 nitrogen and oxygen atoms in total. The van der Waals surface area contributed by atoms with Gasteiger partial charge in [-0.1, -0.05) is 22.0 Å². The predicted molar refractivity (Wildman–Crippen MR) is 82.7 cm³/mol. The van der Waals surface area contributed by atoms with Crippen LogP contribution in [-0.2, 0) is 10.0 Å². The van der Waals surface area contributed by atoms with E-state index in [1.54, 1.807) is 24.3 Å². The number of sulfonamides is 1. The molecule has 0 fully saturated rings. The highest BCUT2D eigenvalue weighted by Gasteiger charge is 2.14. The maximum Gasteiger partial charge on any atom is 0.261 e. The molecule has 0 aliphatic rings. The molecule has 0 aliphatic carbocycles. The van der Waals surface area contributed by atoms with Crippen LogP contribution in [-0.4, -0.2) is 15.5 Å². The largest absolute Gasteiger partial charge is 0.497 e. The number of ether oxygens (including phenoxy) is 1. The average molecular weight is 356 g/mol. The predicted octanol–water partition coefficient (Wildman–Crippen LogP) is 3.57. The van der Waals surface area contributed by atoms with Crippen molar-refractivity contribution in [2.75, 3.05) is 11.8 Å². The van der Waals surface area contributed by atoms with E-state index in [9.17, 15) is 8.42 Å². The summed E-state index contributed by atoms with van der Waals surface area (Å²) in [7, 11) is -2.06. The highest BCUT2D eigenvalue weighted by Crippen LogP contribution is 2.23. The summed E-state index contributed by atoms with van der Waals surface area (Å²) in [5.74, 6) is 0.613. The molecule has 0 aromatic heterocycles. The van der Waals surface area contributed by atoms with Gasteiger partial charge in [0.2, 0.25) is 0 Å². The van der Waals surface area contributed by atoms with E-state index >= 15 is 0 Å². The second-order valence-corrected chi connectivity index (χ2v) is 6.78. The first-order valence-electron chi connectivity index (χ1n) is 5.85. The molecule has 0 heterocycles. The molecule has 0 unspecified atom stereocenters. The third kappa shape index (κ3) is 3.32. The number of anilines is 1. The summed E-state index contributed by atoms with van der Waals surface area (Å²) in [6.07, 6.45) is 0. The fourth-order valence-corrected chi connectivity index (χ4v) is 3.05. The van der Waals surface area contributed by atoms with Crippen molar-refractivity contribution in [2.45, 2.75) is 11.8 Å². The normalized spacial score (nSPS) is 11.2. The fraction of sp³-hybridized carbons (Fsp3) is 0.143. The lowest BCUT2D eigenvalue weighted by molar-refractivity contribution is 0.414. The molecule has 0 saturated carbocycles. The van der Waals surface area contributed by atoms with Crippen LogP contribution < -0.4 is 9.46 Å². The lowest BCUT2D eigenvalue weighted by Gasteiger charge is -2.09. The van der Waals surface area contributed by atoms with E-state index in [2.05, 4.69) is 20.7 Å². The first-order chi connectivity index (χ1) is 9.42. The van der Waals surface area contributed by atoms with Crippen LogP contribution in [0.4, 0.5) is 5.69 Å². The second-order valence-electron chi connectivity index (χ2n) is 4.24. The van der Waals surface area contributed by atoms with E-state index in [1.807, 2.05) is 13.0 Å². The van der Waals surface area contributed by atoms with Crippen molar-refractivity contribution in [3.05, 3.63) is 52.5 Å². The lowest BCUT2D eigenvalue weighted by Crippen LogP contribution is -2.12. The van der Waals surface area contributed by atoms with Gasteiger partial charge in [-0.2, -0.15) is 0 Å². The lowest BCUT2D eigenvalue weighted by atomic mass is 10.2. The summed E-state index contributed by atoms with van der Waals surface area (Å²) in [5.41, 5.74) is 1.55. The minimum absolute atomic E-state index is 0.190. The van der Waals surface area contributed by atoms with Crippen LogP contribution in [0.25, 0.3) is 0 Å². The Labute approximate surface area is 127 Å². The van der Waals surface area contributed by atoms with Gasteiger partial charge in [-0.05, 0) is 48.9 Å². The molecule has 1 N–H and O–H groups in total. The van der Waals surface area contributed by atoms with Gasteiger partial charge in [0.1, 0.15) is 5.75 Å². The first kappa shape index (κ1) is 14.9. The van der Waals surface area contributed by atoms with Crippen LogP contribution in [0.1, 0.15) is 5.56 Å². The Morgan fingerprint density at radius 2 is 1.75 bits per heavy atom. The Balaban J connectivity index is 2.27. The van der Waals surface area contributed by atoms with Crippen LogP contribution >= 0.6 is 15.9 Å². The van der Waals surface area contributed by atoms with E-state index in [0.717, 1.165) is 10.0 Å². The van der Waals surface area contributed by atoms with Crippen LogP contribution in [0.15, 0.2) is 51.8 Å². The fourth-order valence-electron chi connectivity index (χ4n) is 1.63. The number of halogens is 1. The molecule has 20 heavy (non-hydrogen) atoms. The monoisotopic (exact) mass is 355 g/mol. The maximum atomic E-state index is 12.2. The number of rotatable bonds is 4. The smallest absolute Gasteiger partial charge is 0.261 e. The Bertz CT molecular complexity index is 712. The summed E-state index contributed by atoms with van der Waals surface area (Å²) in [4.78, 5) is 0.190. The van der Waals surface area contributed by atoms with E-state index in [1.165, 1.54) is 19.2 Å². The molecule has 2 rings (SSSR count). The van der Waals surface area contributed by atoms with Gasteiger partial charge in [0.15, 0.2) is 0 Å². The van der Waals surface area contributed by atoms with Crippen molar-refractivity contribution >= 4 is 31.6 Å². The minimum Gasteiger partial charge on any atom is -0.497 e. The second kappa shape index (κ2) is 5.85. The van der Waals surface area contributed by atoms with Crippen molar-refractivity contribution in [1.29, 1.82) is 0 Å². The Kier molecular flexibility index (Phi) is 4.35. The molecule has 0 atom stereocenters. The molecular formula is C14H14BrNO3S. The molecule has 0 aliphatic heterocycles. The van der Waals surface area contributed by atoms with Gasteiger partial charge in [0.05, 0.1) is 12.0 Å². The Morgan fingerprint density at radius 1 is 1.10 bits per heavy atom. The van der Waals surface area contributed by atoms with Gasteiger partial charge in [-0.15, -0.1) is 0 Å². The number of benzene rings is 2. The SMILES string of the molecule is COc1ccc(S(=O)(=O)Nc2ccc(C)c(Br)c2)cc1. The number of hydrogen-bond acceptors (Lipinski definition) is 3. The summed E-state index contributed by atoms with van der Waals surface area (Å²) in [6, 6.07) is 11.5. The molecule has 0 radical (unpaired) electrons. The van der Waals surface area contributed by atoms with Gasteiger partial charge >= 0.3 is 0 Å². The van der Waals surface area contributed by atoms with E-state index < -0.39 is 10.0 Å². The molecule has 106 valence electrons. The highest BCUT2D eigenvalue weighted by atomic mass is 79.9. The molecule has 2 aromatic rings. The Morgan fingerprint density at radius 3 is 2.30 bits per heavy atom.